The fourth-order valence-corrected chi connectivity index (χ4v) is 3.17. The van der Waals surface area contributed by atoms with E-state index in [0.29, 0.717) is 12.1 Å². The Morgan fingerprint density at radius 1 is 1.04 bits per heavy atom. The number of hydrogen-bond acceptors (Lipinski definition) is 2. The molecule has 1 N–H and O–H groups in total. The Morgan fingerprint density at radius 3 is 2.08 bits per heavy atom. The first-order valence-corrected chi connectivity index (χ1v) is 8.38. The van der Waals surface area contributed by atoms with E-state index in [-0.39, 0.29) is 11.3 Å². The molecule has 2 aromatic rings. The van der Waals surface area contributed by atoms with Gasteiger partial charge < -0.3 is 14.8 Å². The van der Waals surface area contributed by atoms with Crippen molar-refractivity contribution in [1.29, 1.82) is 0 Å². The van der Waals surface area contributed by atoms with Gasteiger partial charge in [0.15, 0.2) is 0 Å². The van der Waals surface area contributed by atoms with Crippen molar-refractivity contribution >= 4 is 5.91 Å². The van der Waals surface area contributed by atoms with Crippen LogP contribution in [-0.2, 0) is 0 Å². The van der Waals surface area contributed by atoms with Gasteiger partial charge in [0, 0.05) is 35.7 Å². The van der Waals surface area contributed by atoms with Crippen molar-refractivity contribution in [2.24, 2.45) is 5.41 Å². The molecule has 24 heavy (non-hydrogen) atoms. The van der Waals surface area contributed by atoms with Crippen LogP contribution in [0.1, 0.15) is 35.6 Å². The minimum Gasteiger partial charge on any atom is -0.351 e. The Morgan fingerprint density at radius 2 is 1.58 bits per heavy atom. The lowest BCUT2D eigenvalue weighted by Crippen LogP contribution is -2.39. The first-order valence-electron chi connectivity index (χ1n) is 8.38. The maximum Gasteiger partial charge on any atom is 0.251 e. The number of nitrogens with zero attached hydrogens (tertiary/aromatic N) is 2. The molecule has 0 atom stereocenters. The predicted molar refractivity (Wildman–Crippen MR) is 99.9 cm³/mol. The van der Waals surface area contributed by atoms with Gasteiger partial charge in [-0.05, 0) is 69.8 Å². The van der Waals surface area contributed by atoms with E-state index >= 15 is 0 Å². The Balaban J connectivity index is 2.04. The topological polar surface area (TPSA) is 37.3 Å². The molecule has 0 bridgehead atoms. The zero-order valence-electron chi connectivity index (χ0n) is 15.7. The summed E-state index contributed by atoms with van der Waals surface area (Å²) in [6, 6.07) is 12.0. The number of aromatic nitrogens is 1. The van der Waals surface area contributed by atoms with Gasteiger partial charge >= 0.3 is 0 Å². The first kappa shape index (κ1) is 18.3. The molecule has 0 saturated carbocycles. The maximum atomic E-state index is 12.4. The zero-order valence-corrected chi connectivity index (χ0v) is 15.7. The summed E-state index contributed by atoms with van der Waals surface area (Å²) in [4.78, 5) is 14.5. The normalized spacial score (nSPS) is 11.8. The molecular formula is C20H29N3O. The summed E-state index contributed by atoms with van der Waals surface area (Å²) in [5, 5.41) is 3.05. The van der Waals surface area contributed by atoms with Crippen molar-refractivity contribution in [3.8, 4) is 5.69 Å². The fraction of sp³-hybridized carbons (Fsp3) is 0.450. The first-order chi connectivity index (χ1) is 11.2. The number of carbonyl (C=O) groups excluding carboxylic acids is 1. The SMILES string of the molecule is Cc1ccc(C)n1-c1ccc(C(=O)NCC(C)(C)CN(C)C)cc1. The lowest BCUT2D eigenvalue weighted by molar-refractivity contribution is 0.0929. The van der Waals surface area contributed by atoms with Crippen molar-refractivity contribution < 1.29 is 4.79 Å². The van der Waals surface area contributed by atoms with Gasteiger partial charge in [-0.15, -0.1) is 0 Å². The summed E-state index contributed by atoms with van der Waals surface area (Å²) in [5.74, 6) is -0.0191. The van der Waals surface area contributed by atoms with E-state index < -0.39 is 0 Å². The summed E-state index contributed by atoms with van der Waals surface area (Å²) in [7, 11) is 4.10. The van der Waals surface area contributed by atoms with Crippen molar-refractivity contribution in [2.75, 3.05) is 27.2 Å². The van der Waals surface area contributed by atoms with Crippen LogP contribution in [0, 0.1) is 19.3 Å². The van der Waals surface area contributed by atoms with Crippen LogP contribution in [0.4, 0.5) is 0 Å². The van der Waals surface area contributed by atoms with E-state index in [9.17, 15) is 4.79 Å². The average Bonchev–Trinajstić information content (AvgIpc) is 2.83. The van der Waals surface area contributed by atoms with E-state index in [1.165, 1.54) is 11.4 Å². The molecule has 4 nitrogen and oxygen atoms in total. The molecule has 0 saturated heterocycles. The molecule has 0 unspecified atom stereocenters. The monoisotopic (exact) mass is 327 g/mol. The van der Waals surface area contributed by atoms with E-state index in [2.05, 4.69) is 54.6 Å². The van der Waals surface area contributed by atoms with Gasteiger partial charge in [-0.3, -0.25) is 4.79 Å². The van der Waals surface area contributed by atoms with Gasteiger partial charge in [-0.25, -0.2) is 0 Å². The smallest absolute Gasteiger partial charge is 0.251 e. The number of hydrogen-bond donors (Lipinski definition) is 1. The largest absolute Gasteiger partial charge is 0.351 e. The molecule has 1 aromatic heterocycles. The zero-order chi connectivity index (χ0) is 17.9. The van der Waals surface area contributed by atoms with Crippen LogP contribution in [0.2, 0.25) is 0 Å². The Hall–Kier alpha value is -2.07. The number of amides is 1. The maximum absolute atomic E-state index is 12.4. The third kappa shape index (κ3) is 4.48. The highest BCUT2D eigenvalue weighted by Crippen LogP contribution is 2.18. The second kappa shape index (κ2) is 7.22. The molecule has 1 amide bonds. The van der Waals surface area contributed by atoms with Gasteiger partial charge in [0.1, 0.15) is 0 Å². The molecule has 0 aliphatic heterocycles. The van der Waals surface area contributed by atoms with E-state index in [4.69, 9.17) is 0 Å². The van der Waals surface area contributed by atoms with E-state index in [0.717, 1.165) is 12.2 Å². The van der Waals surface area contributed by atoms with Gasteiger partial charge in [0.25, 0.3) is 5.91 Å². The summed E-state index contributed by atoms with van der Waals surface area (Å²) < 4.78 is 2.18. The second-order valence-corrected chi connectivity index (χ2v) is 7.58. The fourth-order valence-electron chi connectivity index (χ4n) is 3.17. The van der Waals surface area contributed by atoms with Gasteiger partial charge in [-0.2, -0.15) is 0 Å². The minimum atomic E-state index is -0.0191. The van der Waals surface area contributed by atoms with E-state index in [1.807, 2.05) is 38.4 Å². The molecule has 1 aromatic carbocycles. The molecule has 0 aliphatic rings. The molecule has 0 spiro atoms. The lowest BCUT2D eigenvalue weighted by Gasteiger charge is -2.28. The Labute approximate surface area is 145 Å². The van der Waals surface area contributed by atoms with Gasteiger partial charge in [-0.1, -0.05) is 13.8 Å². The molecular weight excluding hydrogens is 298 g/mol. The second-order valence-electron chi connectivity index (χ2n) is 7.58. The van der Waals surface area contributed by atoms with Crippen molar-refractivity contribution in [3.05, 3.63) is 53.3 Å². The van der Waals surface area contributed by atoms with Gasteiger partial charge in [0.2, 0.25) is 0 Å². The lowest BCUT2D eigenvalue weighted by atomic mass is 9.93. The highest BCUT2D eigenvalue weighted by Gasteiger charge is 2.20. The third-order valence-electron chi connectivity index (χ3n) is 4.13. The van der Waals surface area contributed by atoms with Crippen LogP contribution in [0.25, 0.3) is 5.69 Å². The number of aryl methyl sites for hydroxylation is 2. The molecule has 4 heteroatoms. The highest BCUT2D eigenvalue weighted by molar-refractivity contribution is 5.94. The standard InChI is InChI=1S/C20H29N3O/c1-15-7-8-16(2)23(15)18-11-9-17(10-12-18)19(24)21-13-20(3,4)14-22(5)6/h7-12H,13-14H2,1-6H3,(H,21,24). The number of benzene rings is 1. The van der Waals surface area contributed by atoms with Crippen LogP contribution in [-0.4, -0.2) is 42.6 Å². The van der Waals surface area contributed by atoms with Crippen molar-refractivity contribution in [3.63, 3.8) is 0 Å². The summed E-state index contributed by atoms with van der Waals surface area (Å²) in [6.45, 7) is 10.1. The molecule has 0 aliphatic carbocycles. The summed E-state index contributed by atoms with van der Waals surface area (Å²) >= 11 is 0. The molecule has 2 rings (SSSR count). The third-order valence-corrected chi connectivity index (χ3v) is 4.13. The molecule has 0 fully saturated rings. The van der Waals surface area contributed by atoms with Crippen molar-refractivity contribution in [2.45, 2.75) is 27.7 Å². The quantitative estimate of drug-likeness (QED) is 0.883. The van der Waals surface area contributed by atoms with Crippen LogP contribution in [0.3, 0.4) is 0 Å². The van der Waals surface area contributed by atoms with Crippen LogP contribution >= 0.6 is 0 Å². The van der Waals surface area contributed by atoms with Crippen LogP contribution < -0.4 is 5.32 Å². The predicted octanol–water partition coefficient (Wildman–Crippen LogP) is 3.41. The average molecular weight is 327 g/mol. The van der Waals surface area contributed by atoms with E-state index in [1.54, 1.807) is 0 Å². The number of nitrogens with one attached hydrogen (secondary N) is 1. The van der Waals surface area contributed by atoms with Crippen molar-refractivity contribution in [1.82, 2.24) is 14.8 Å². The van der Waals surface area contributed by atoms with Gasteiger partial charge in [0.05, 0.1) is 0 Å². The summed E-state index contributed by atoms with van der Waals surface area (Å²) in [6.07, 6.45) is 0. The molecule has 1 heterocycles. The Bertz CT molecular complexity index is 677. The van der Waals surface area contributed by atoms with Crippen LogP contribution in [0.15, 0.2) is 36.4 Å². The number of carbonyl (C=O) groups is 1. The number of rotatable bonds is 6. The summed E-state index contributed by atoms with van der Waals surface area (Å²) in [5.41, 5.74) is 4.20. The molecule has 0 radical (unpaired) electrons. The molecule has 130 valence electrons. The Kier molecular flexibility index (Phi) is 5.50. The highest BCUT2D eigenvalue weighted by atomic mass is 16.1. The van der Waals surface area contributed by atoms with Crippen LogP contribution in [0.5, 0.6) is 0 Å². The minimum absolute atomic E-state index is 0.0191.